The van der Waals surface area contributed by atoms with Crippen molar-refractivity contribution >= 4 is 40.4 Å². The van der Waals surface area contributed by atoms with Crippen LogP contribution in [0, 0.1) is 5.92 Å². The van der Waals surface area contributed by atoms with Gasteiger partial charge < -0.3 is 15.0 Å². The Hall–Kier alpha value is -3.13. The van der Waals surface area contributed by atoms with Crippen LogP contribution in [0.15, 0.2) is 41.3 Å². The second-order valence-corrected chi connectivity index (χ2v) is 8.08. The molecule has 0 unspecified atom stereocenters. The molecule has 0 spiro atoms. The average Bonchev–Trinajstić information content (AvgIpc) is 3.09. The van der Waals surface area contributed by atoms with E-state index < -0.39 is 6.09 Å². The Morgan fingerprint density at radius 1 is 1.23 bits per heavy atom. The van der Waals surface area contributed by atoms with Gasteiger partial charge in [0.1, 0.15) is 12.4 Å². The molecule has 0 radical (unpaired) electrons. The van der Waals surface area contributed by atoms with E-state index in [1.807, 2.05) is 20.8 Å². The summed E-state index contributed by atoms with van der Waals surface area (Å²) in [4.78, 5) is 37.9. The number of rotatable bonds is 5. The molecule has 0 aliphatic carbocycles. The van der Waals surface area contributed by atoms with Crippen LogP contribution >= 0.6 is 11.6 Å². The number of hydrogen-bond acceptors (Lipinski definition) is 6. The molecule has 8 nitrogen and oxygen atoms in total. The Balaban J connectivity index is 1.61. The Morgan fingerprint density at radius 3 is 2.80 bits per heavy atom. The number of ether oxygens (including phenoxy) is 1. The number of carbonyl (C=O) groups excluding carboxylic acids is 1. The lowest BCUT2D eigenvalue weighted by molar-refractivity contribution is 0.177. The van der Waals surface area contributed by atoms with Crippen LogP contribution in [0.4, 0.5) is 16.6 Å². The number of nitrogens with zero attached hydrogens (tertiary/aromatic N) is 3. The van der Waals surface area contributed by atoms with Crippen LogP contribution < -0.4 is 15.8 Å². The van der Waals surface area contributed by atoms with E-state index in [0.717, 1.165) is 5.39 Å². The number of nitrogens with one attached hydrogen (secondary N) is 2. The first-order valence-electron chi connectivity index (χ1n) is 9.71. The summed E-state index contributed by atoms with van der Waals surface area (Å²) in [6.07, 6.45) is 1.15. The fourth-order valence-corrected chi connectivity index (χ4v) is 3.71. The first kappa shape index (κ1) is 20.2. The summed E-state index contributed by atoms with van der Waals surface area (Å²) >= 11 is 6.08. The second-order valence-electron chi connectivity index (χ2n) is 7.65. The summed E-state index contributed by atoms with van der Waals surface area (Å²) < 4.78 is 5.20. The molecule has 0 saturated carbocycles. The van der Waals surface area contributed by atoms with E-state index in [2.05, 4.69) is 20.3 Å². The minimum Gasteiger partial charge on any atom is -0.447 e. The molecular weight excluding hydrogens is 406 g/mol. The molecule has 1 aliphatic rings. The molecule has 1 aliphatic heterocycles. The minimum atomic E-state index is -0.422. The van der Waals surface area contributed by atoms with Crippen molar-refractivity contribution in [2.24, 2.45) is 5.92 Å². The molecular formula is C21H22ClN5O3. The minimum absolute atomic E-state index is 0.0919. The Labute approximate surface area is 178 Å². The lowest BCUT2D eigenvalue weighted by atomic mass is 10.0. The number of H-pyrrole nitrogens is 1. The van der Waals surface area contributed by atoms with Gasteiger partial charge in [-0.05, 0) is 43.2 Å². The Morgan fingerprint density at radius 2 is 2.03 bits per heavy atom. The van der Waals surface area contributed by atoms with E-state index in [1.54, 1.807) is 41.4 Å². The third-order valence-corrected chi connectivity index (χ3v) is 5.45. The number of aromatic nitrogens is 3. The van der Waals surface area contributed by atoms with Gasteiger partial charge >= 0.3 is 6.09 Å². The normalized spacial score (nSPS) is 17.4. The fraction of sp³-hybridized carbons (Fsp3) is 0.333. The van der Waals surface area contributed by atoms with E-state index in [0.29, 0.717) is 34.5 Å². The molecule has 30 heavy (non-hydrogen) atoms. The number of hydrogen-bond donors (Lipinski definition) is 2. The van der Waals surface area contributed by atoms with Crippen molar-refractivity contribution in [3.8, 4) is 0 Å². The summed E-state index contributed by atoms with van der Waals surface area (Å²) in [7, 11) is 0. The molecule has 2 aromatic heterocycles. The number of carbonyl (C=O) groups is 1. The van der Waals surface area contributed by atoms with Crippen LogP contribution in [0.25, 0.3) is 10.9 Å². The summed E-state index contributed by atoms with van der Waals surface area (Å²) in [5.41, 5.74) is 1.04. The van der Waals surface area contributed by atoms with Crippen LogP contribution in [0.1, 0.15) is 32.4 Å². The highest BCUT2D eigenvalue weighted by Crippen LogP contribution is 2.27. The highest BCUT2D eigenvalue weighted by molar-refractivity contribution is 6.31. The summed E-state index contributed by atoms with van der Waals surface area (Å²) in [6, 6.07) is 8.30. The zero-order valence-corrected chi connectivity index (χ0v) is 17.6. The van der Waals surface area contributed by atoms with Crippen molar-refractivity contribution in [1.29, 1.82) is 0 Å². The molecule has 0 bridgehead atoms. The van der Waals surface area contributed by atoms with E-state index in [4.69, 9.17) is 16.3 Å². The monoisotopic (exact) mass is 427 g/mol. The molecule has 1 fully saturated rings. The highest BCUT2D eigenvalue weighted by atomic mass is 35.5. The maximum absolute atomic E-state index is 12.5. The van der Waals surface area contributed by atoms with Gasteiger partial charge in [0.05, 0.1) is 12.1 Å². The summed E-state index contributed by atoms with van der Waals surface area (Å²) in [5.74, 6) is 0.984. The van der Waals surface area contributed by atoms with Gasteiger partial charge in [-0.25, -0.2) is 9.78 Å². The zero-order valence-electron chi connectivity index (χ0n) is 16.8. The van der Waals surface area contributed by atoms with Gasteiger partial charge in [0.15, 0.2) is 0 Å². The predicted molar refractivity (Wildman–Crippen MR) is 116 cm³/mol. The molecule has 1 aromatic carbocycles. The lowest BCUT2D eigenvalue weighted by Gasteiger charge is -2.23. The van der Waals surface area contributed by atoms with Crippen molar-refractivity contribution in [1.82, 2.24) is 15.0 Å². The molecule has 9 heteroatoms. The van der Waals surface area contributed by atoms with Gasteiger partial charge in [0, 0.05) is 27.7 Å². The van der Waals surface area contributed by atoms with E-state index in [-0.39, 0.29) is 23.6 Å². The maximum Gasteiger partial charge on any atom is 0.415 e. The topological polar surface area (TPSA) is 100 Å². The molecule has 3 aromatic rings. The second kappa shape index (κ2) is 7.95. The smallest absolute Gasteiger partial charge is 0.415 e. The zero-order chi connectivity index (χ0) is 21.4. The summed E-state index contributed by atoms with van der Waals surface area (Å²) in [5, 5.41) is 4.57. The SMILES string of the molecule is CC(C)[C@H]1COC(=O)N1c1ccnc(N[C@@H](C)c2cc3cc(Cl)ccc3[nH]c2=O)n1. The van der Waals surface area contributed by atoms with Crippen LogP contribution in [0.5, 0.6) is 0 Å². The number of amides is 1. The van der Waals surface area contributed by atoms with Crippen LogP contribution in [-0.2, 0) is 4.74 Å². The van der Waals surface area contributed by atoms with Crippen molar-refractivity contribution in [2.45, 2.75) is 32.9 Å². The van der Waals surface area contributed by atoms with E-state index in [1.165, 1.54) is 0 Å². The molecule has 156 valence electrons. The third-order valence-electron chi connectivity index (χ3n) is 5.21. The third kappa shape index (κ3) is 3.82. The van der Waals surface area contributed by atoms with Crippen molar-refractivity contribution in [3.05, 3.63) is 57.5 Å². The molecule has 4 rings (SSSR count). The molecule has 2 N–H and O–H groups in total. The number of cyclic esters (lactones) is 1. The number of benzene rings is 1. The molecule has 3 heterocycles. The fourth-order valence-electron chi connectivity index (χ4n) is 3.53. The number of fused-ring (bicyclic) bond motifs is 1. The van der Waals surface area contributed by atoms with Crippen molar-refractivity contribution < 1.29 is 9.53 Å². The van der Waals surface area contributed by atoms with Gasteiger partial charge in [-0.1, -0.05) is 25.4 Å². The van der Waals surface area contributed by atoms with Crippen LogP contribution in [-0.4, -0.2) is 33.7 Å². The maximum atomic E-state index is 12.5. The summed E-state index contributed by atoms with van der Waals surface area (Å²) in [6.45, 7) is 6.23. The standard InChI is InChI=1S/C21H22ClN5O3/c1-11(2)17-10-30-21(29)27(17)18-6-7-23-20(26-18)24-12(3)15-9-13-8-14(22)4-5-16(13)25-19(15)28/h4-9,11-12,17H,10H2,1-3H3,(H,25,28)(H,23,24,26)/t12-,17+/m0/s1. The number of aromatic amines is 1. The van der Waals surface area contributed by atoms with E-state index >= 15 is 0 Å². The van der Waals surface area contributed by atoms with Crippen molar-refractivity contribution in [2.75, 3.05) is 16.8 Å². The number of anilines is 2. The Kier molecular flexibility index (Phi) is 5.34. The van der Waals surface area contributed by atoms with E-state index in [9.17, 15) is 9.59 Å². The average molecular weight is 428 g/mol. The van der Waals surface area contributed by atoms with Crippen LogP contribution in [0.2, 0.25) is 5.02 Å². The number of halogens is 1. The molecule has 1 saturated heterocycles. The van der Waals surface area contributed by atoms with Gasteiger partial charge in [0.25, 0.3) is 5.56 Å². The first-order chi connectivity index (χ1) is 14.3. The van der Waals surface area contributed by atoms with Gasteiger partial charge in [-0.2, -0.15) is 4.98 Å². The van der Waals surface area contributed by atoms with Crippen molar-refractivity contribution in [3.63, 3.8) is 0 Å². The number of pyridine rings is 1. The molecule has 2 atom stereocenters. The largest absolute Gasteiger partial charge is 0.447 e. The van der Waals surface area contributed by atoms with Gasteiger partial charge in [-0.15, -0.1) is 0 Å². The van der Waals surface area contributed by atoms with Gasteiger partial charge in [-0.3, -0.25) is 9.69 Å². The lowest BCUT2D eigenvalue weighted by Crippen LogP contribution is -2.37. The molecule has 1 amide bonds. The van der Waals surface area contributed by atoms with Gasteiger partial charge in [0.2, 0.25) is 5.95 Å². The predicted octanol–water partition coefficient (Wildman–Crippen LogP) is 4.13. The Bertz CT molecular complexity index is 1160. The van der Waals surface area contributed by atoms with Crippen LogP contribution in [0.3, 0.4) is 0 Å². The first-order valence-corrected chi connectivity index (χ1v) is 10.1. The quantitative estimate of drug-likeness (QED) is 0.635. The highest BCUT2D eigenvalue weighted by Gasteiger charge is 2.37.